The van der Waals surface area contributed by atoms with E-state index in [1.807, 2.05) is 13.0 Å². The summed E-state index contributed by atoms with van der Waals surface area (Å²) in [5, 5.41) is 25.3. The Kier molecular flexibility index (Phi) is 20.8. The van der Waals surface area contributed by atoms with Crippen LogP contribution in [0.1, 0.15) is 104 Å². The quantitative estimate of drug-likeness (QED) is 0.0494. The third kappa shape index (κ3) is 15.9. The monoisotopic (exact) mass is 1120 g/mol. The van der Waals surface area contributed by atoms with Gasteiger partial charge in [0, 0.05) is 77.4 Å². The molecule has 22 nitrogen and oxygen atoms in total. The zero-order valence-electron chi connectivity index (χ0n) is 46.2. The second-order valence-corrected chi connectivity index (χ2v) is 21.4. The number of hydrogen-bond acceptors (Lipinski definition) is 15. The number of imide groups is 1. The van der Waals surface area contributed by atoms with Crippen LogP contribution in [0, 0.1) is 11.8 Å². The second kappa shape index (κ2) is 26.9. The molecule has 0 radical (unpaired) electrons. The maximum Gasteiger partial charge on any atom is 0.409 e. The number of likely N-dealkylation sites (tertiary alicyclic amines) is 1. The zero-order chi connectivity index (χ0) is 57.9. The Hall–Kier alpha value is -6.88. The van der Waals surface area contributed by atoms with Crippen molar-refractivity contribution in [3.05, 3.63) is 76.3 Å². The molecule has 4 aliphatic heterocycles. The molecule has 430 valence electrons. The number of unbranched alkanes of at least 4 members (excludes halogenated alkanes) is 1. The van der Waals surface area contributed by atoms with Gasteiger partial charge in [-0.3, -0.25) is 48.6 Å². The van der Waals surface area contributed by atoms with Gasteiger partial charge in [-0.15, -0.1) is 0 Å². The summed E-state index contributed by atoms with van der Waals surface area (Å²) in [4.78, 5) is 119. The number of carbonyl (C=O) groups is 9. The Morgan fingerprint density at radius 2 is 1.70 bits per heavy atom. The van der Waals surface area contributed by atoms with Crippen LogP contribution in [-0.2, 0) is 70.1 Å². The van der Waals surface area contributed by atoms with E-state index in [-0.39, 0.29) is 86.7 Å². The molecule has 8 amide bonds. The first kappa shape index (κ1) is 61.3. The lowest BCUT2D eigenvalue weighted by Gasteiger charge is -2.42. The number of alkyl carbamates (subject to hydrolysis) is 1. The lowest BCUT2D eigenvalue weighted by Crippen LogP contribution is -2.63. The molecule has 0 aromatic heterocycles. The fraction of sp³-hybridized carbons (Fsp3) is 0.554. The third-order valence-corrected chi connectivity index (χ3v) is 15.2. The number of methoxy groups -OCH3 is 2. The van der Waals surface area contributed by atoms with Crippen molar-refractivity contribution in [1.29, 1.82) is 0 Å². The SMILES string of the molecule is COc1cc2cc(c1Cl)N(C)C(=O)C[C@H](OC(=O)CCc1ccc(NC(=O)C(C)NC(=O)C(CCCCNC(=O)CCN3C(=O)CC(C)C3=O)NC(C)=O)cc1)[C@]1(C)O[C@H]1[C@H](C)[C@@H]1C[C@@](O)(NC(=O)O1)[C@H](OC)/C=C/C=C(\C)C2. The van der Waals surface area contributed by atoms with Crippen LogP contribution in [-0.4, -0.2) is 146 Å². The highest BCUT2D eigenvalue weighted by Crippen LogP contribution is 2.49. The second-order valence-electron chi connectivity index (χ2n) is 21.0. The number of nitrogens with one attached hydrogen (secondary N) is 5. The van der Waals surface area contributed by atoms with E-state index < -0.39 is 89.4 Å². The molecular weight excluding hydrogens is 1050 g/mol. The van der Waals surface area contributed by atoms with Crippen LogP contribution in [0.15, 0.2) is 60.2 Å². The minimum Gasteiger partial charge on any atom is -0.495 e. The first-order chi connectivity index (χ1) is 37.4. The van der Waals surface area contributed by atoms with Crippen LogP contribution >= 0.6 is 11.6 Å². The van der Waals surface area contributed by atoms with E-state index in [9.17, 15) is 48.3 Å². The van der Waals surface area contributed by atoms with Gasteiger partial charge in [-0.1, -0.05) is 61.4 Å². The average molecular weight is 1120 g/mol. The molecule has 6 rings (SSSR count). The number of rotatable bonds is 19. The minimum atomic E-state index is -1.87. The average Bonchev–Trinajstić information content (AvgIpc) is 4.14. The molecule has 4 heterocycles. The third-order valence-electron chi connectivity index (χ3n) is 14.8. The molecule has 79 heavy (non-hydrogen) atoms. The molecule has 4 bridgehead atoms. The molecule has 3 unspecified atom stereocenters. The summed E-state index contributed by atoms with van der Waals surface area (Å²) in [6, 6.07) is 8.29. The highest BCUT2D eigenvalue weighted by Gasteiger charge is 2.64. The summed E-state index contributed by atoms with van der Waals surface area (Å²) >= 11 is 6.82. The number of aliphatic hydroxyl groups is 1. The number of epoxide rings is 1. The Labute approximate surface area is 465 Å². The number of hydrogen-bond donors (Lipinski definition) is 6. The van der Waals surface area contributed by atoms with Gasteiger partial charge in [0.2, 0.25) is 41.4 Å². The largest absolute Gasteiger partial charge is 0.495 e. The molecule has 0 aliphatic carbocycles. The van der Waals surface area contributed by atoms with Gasteiger partial charge in [0.25, 0.3) is 0 Å². The number of esters is 1. The summed E-state index contributed by atoms with van der Waals surface area (Å²) in [5.41, 5.74) is 0.0710. The number of amides is 8. The Balaban J connectivity index is 1.05. The molecule has 10 atom stereocenters. The van der Waals surface area contributed by atoms with E-state index in [2.05, 4.69) is 26.6 Å². The number of carbonyl (C=O) groups excluding carboxylic acids is 9. The molecule has 2 aromatic carbocycles. The van der Waals surface area contributed by atoms with E-state index in [1.165, 1.54) is 33.0 Å². The number of allylic oxidation sites excluding steroid dienone is 3. The van der Waals surface area contributed by atoms with Crippen LogP contribution in [0.5, 0.6) is 5.75 Å². The number of nitrogens with zero attached hydrogens (tertiary/aromatic N) is 2. The van der Waals surface area contributed by atoms with E-state index in [0.29, 0.717) is 42.0 Å². The number of anilines is 2. The zero-order valence-corrected chi connectivity index (χ0v) is 47.0. The van der Waals surface area contributed by atoms with Crippen molar-refractivity contribution in [2.75, 3.05) is 44.6 Å². The van der Waals surface area contributed by atoms with E-state index in [0.717, 1.165) is 16.0 Å². The van der Waals surface area contributed by atoms with Crippen molar-refractivity contribution in [3.63, 3.8) is 0 Å². The van der Waals surface area contributed by atoms with Crippen LogP contribution in [0.25, 0.3) is 0 Å². The molecule has 3 fully saturated rings. The fourth-order valence-corrected chi connectivity index (χ4v) is 10.4. The molecule has 3 saturated heterocycles. The first-order valence-corrected chi connectivity index (χ1v) is 26.9. The van der Waals surface area contributed by atoms with Crippen LogP contribution in [0.3, 0.4) is 0 Å². The minimum absolute atomic E-state index is 0.00917. The lowest BCUT2D eigenvalue weighted by atomic mass is 9.83. The van der Waals surface area contributed by atoms with Crippen molar-refractivity contribution in [2.24, 2.45) is 11.8 Å². The van der Waals surface area contributed by atoms with Gasteiger partial charge in [0.15, 0.2) is 5.72 Å². The van der Waals surface area contributed by atoms with Crippen molar-refractivity contribution < 1.29 is 71.9 Å². The topological polar surface area (TPSA) is 290 Å². The van der Waals surface area contributed by atoms with E-state index in [1.54, 1.807) is 76.4 Å². The Morgan fingerprint density at radius 3 is 2.35 bits per heavy atom. The first-order valence-electron chi connectivity index (χ1n) is 26.5. The van der Waals surface area contributed by atoms with Crippen molar-refractivity contribution in [1.82, 2.24) is 26.2 Å². The number of benzene rings is 2. The summed E-state index contributed by atoms with van der Waals surface area (Å²) in [5.74, 6) is -4.15. The van der Waals surface area contributed by atoms with Crippen LogP contribution in [0.4, 0.5) is 16.2 Å². The van der Waals surface area contributed by atoms with Gasteiger partial charge >= 0.3 is 12.1 Å². The fourth-order valence-electron chi connectivity index (χ4n) is 10.1. The maximum atomic E-state index is 14.3. The standard InChI is InChI=1S/C56H74ClN7O15/c1-31-13-12-15-43(76-9)56(74)30-42(77-54(73)62-56)33(3)50-55(6,79-50)44(29-46(67)63(7)40-27-37(25-31)28-41(75-8)49(40)57)78-48(69)21-18-36-16-19-38(20-17-36)61-51(70)34(4)59-52(71)39(60-35(5)65)14-10-11-23-58-45(66)22-24-64-47(68)26-32(2)53(64)72/h12-13,15-17,19-20,27-28,32-34,39,42-44,50,74H,10-11,14,18,21-26,29-30H2,1-9H3,(H,58,66)(H,59,71)(H,60,65)(H,61,70)(H,62,73)/b15-12+,31-13+/t32?,33-,34?,39?,42+,43-,44+,50+,55+,56+/m1/s1. The normalized spacial score (nSPS) is 26.9. The molecule has 23 heteroatoms. The van der Waals surface area contributed by atoms with Gasteiger partial charge in [-0.25, -0.2) is 4.79 Å². The predicted octanol–water partition coefficient (Wildman–Crippen LogP) is 4.32. The van der Waals surface area contributed by atoms with Crippen molar-refractivity contribution in [3.8, 4) is 5.75 Å². The van der Waals surface area contributed by atoms with Gasteiger partial charge < -0.3 is 55.0 Å². The smallest absolute Gasteiger partial charge is 0.409 e. The molecular formula is C56H74ClN7O15. The molecule has 0 saturated carbocycles. The summed E-state index contributed by atoms with van der Waals surface area (Å²) < 4.78 is 29.4. The van der Waals surface area contributed by atoms with E-state index >= 15 is 0 Å². The lowest BCUT2D eigenvalue weighted by molar-refractivity contribution is -0.154. The number of aryl methyl sites for hydroxylation is 1. The van der Waals surface area contributed by atoms with Crippen molar-refractivity contribution >= 4 is 76.4 Å². The summed E-state index contributed by atoms with van der Waals surface area (Å²) in [6.45, 7) is 10.1. The van der Waals surface area contributed by atoms with E-state index in [4.69, 9.17) is 35.3 Å². The Bertz CT molecular complexity index is 2700. The highest BCUT2D eigenvalue weighted by atomic mass is 35.5. The maximum absolute atomic E-state index is 14.3. The van der Waals surface area contributed by atoms with Crippen LogP contribution < -0.4 is 36.2 Å². The summed E-state index contributed by atoms with van der Waals surface area (Å²) in [7, 11) is 4.46. The molecule has 4 aliphatic rings. The number of ether oxygens (including phenoxy) is 5. The van der Waals surface area contributed by atoms with Gasteiger partial charge in [-0.2, -0.15) is 0 Å². The molecule has 0 spiro atoms. The Morgan fingerprint density at radius 1 is 0.975 bits per heavy atom. The molecule has 2 aromatic rings. The highest BCUT2D eigenvalue weighted by molar-refractivity contribution is 6.35. The predicted molar refractivity (Wildman–Crippen MR) is 289 cm³/mol. The summed E-state index contributed by atoms with van der Waals surface area (Å²) in [6.07, 6.45) is 2.04. The van der Waals surface area contributed by atoms with Crippen molar-refractivity contribution in [2.45, 2.75) is 154 Å². The number of fused-ring (bicyclic) bond motifs is 5. The van der Waals surface area contributed by atoms with Crippen LogP contribution in [0.2, 0.25) is 5.02 Å². The van der Waals surface area contributed by atoms with Gasteiger partial charge in [0.1, 0.15) is 46.8 Å². The van der Waals surface area contributed by atoms with Gasteiger partial charge in [-0.05, 0) is 88.3 Å². The van der Waals surface area contributed by atoms with Gasteiger partial charge in [0.05, 0.1) is 25.3 Å². The number of halogens is 1. The molecule has 6 N–H and O–H groups in total.